The standard InChI is InChI=1S/C46H56N2O10/c1-29-31(27-57-33-21-41(53-3)37(42(22-33)54-4)25-47-19-9-7-17-39(47)45(49)50)13-11-15-35(29)36-16-12-14-32(30(36)2)28-58-34-23-43(55-5)38(44(24-34)56-6)26-48-20-10-8-18-40(48)46(51)52/h11-16,21-24,39-40H,7-10,17-20,25-28H2,1-6H3,(H,49,50)(H,51,52)/t39-,40?/m0/s1. The maximum absolute atomic E-state index is 12.0. The molecular weight excluding hydrogens is 741 g/mol. The fraction of sp³-hybridized carbons (Fsp3) is 0.435. The van der Waals surface area contributed by atoms with E-state index in [1.165, 1.54) is 0 Å². The Hall–Kier alpha value is -5.46. The number of benzene rings is 4. The Bertz CT molecular complexity index is 1890. The Balaban J connectivity index is 1.17. The minimum Gasteiger partial charge on any atom is -0.496 e. The molecule has 0 saturated carbocycles. The van der Waals surface area contributed by atoms with Gasteiger partial charge in [0.05, 0.1) is 39.6 Å². The predicted octanol–water partition coefficient (Wildman–Crippen LogP) is 8.04. The van der Waals surface area contributed by atoms with Gasteiger partial charge in [0.2, 0.25) is 0 Å². The molecule has 2 aliphatic heterocycles. The van der Waals surface area contributed by atoms with E-state index < -0.39 is 24.0 Å². The molecule has 1 unspecified atom stereocenters. The van der Waals surface area contributed by atoms with Crippen molar-refractivity contribution >= 4 is 11.9 Å². The van der Waals surface area contributed by atoms with Gasteiger partial charge in [0.25, 0.3) is 0 Å². The Morgan fingerprint density at radius 3 is 1.28 bits per heavy atom. The lowest BCUT2D eigenvalue weighted by molar-refractivity contribution is -0.145. The van der Waals surface area contributed by atoms with Crippen LogP contribution in [-0.2, 0) is 35.9 Å². The van der Waals surface area contributed by atoms with E-state index in [2.05, 4.69) is 38.1 Å². The van der Waals surface area contributed by atoms with Gasteiger partial charge in [0, 0.05) is 37.4 Å². The molecule has 0 aromatic heterocycles. The number of carboxylic acids is 2. The van der Waals surface area contributed by atoms with Crippen LogP contribution in [0.15, 0.2) is 60.7 Å². The quantitative estimate of drug-likeness (QED) is 0.107. The van der Waals surface area contributed by atoms with Crippen LogP contribution >= 0.6 is 0 Å². The molecule has 2 aliphatic rings. The molecule has 2 heterocycles. The number of ether oxygens (including phenoxy) is 6. The van der Waals surface area contributed by atoms with Crippen LogP contribution in [0.2, 0.25) is 0 Å². The van der Waals surface area contributed by atoms with Crippen molar-refractivity contribution in [3.8, 4) is 45.6 Å². The molecule has 310 valence electrons. The largest absolute Gasteiger partial charge is 0.496 e. The zero-order valence-electron chi connectivity index (χ0n) is 34.5. The molecule has 4 aromatic rings. The number of piperidine rings is 2. The number of nitrogens with zero attached hydrogens (tertiary/aromatic N) is 2. The number of rotatable bonds is 17. The third-order valence-corrected chi connectivity index (χ3v) is 11.7. The normalized spacial score (nSPS) is 17.3. The van der Waals surface area contributed by atoms with Crippen LogP contribution in [0.25, 0.3) is 11.1 Å². The lowest BCUT2D eigenvalue weighted by Crippen LogP contribution is -2.44. The fourth-order valence-electron chi connectivity index (χ4n) is 8.31. The number of hydrogen-bond donors (Lipinski definition) is 2. The van der Waals surface area contributed by atoms with Crippen molar-refractivity contribution in [2.24, 2.45) is 0 Å². The summed E-state index contributed by atoms with van der Waals surface area (Å²) in [5.74, 6) is 1.90. The first-order chi connectivity index (χ1) is 28.1. The Morgan fingerprint density at radius 1 is 0.586 bits per heavy atom. The summed E-state index contributed by atoms with van der Waals surface area (Å²) in [6.45, 7) is 7.02. The van der Waals surface area contributed by atoms with Crippen molar-refractivity contribution < 1.29 is 48.2 Å². The number of aliphatic carboxylic acids is 2. The minimum atomic E-state index is -0.808. The van der Waals surface area contributed by atoms with Gasteiger partial charge in [-0.3, -0.25) is 19.4 Å². The van der Waals surface area contributed by atoms with Crippen molar-refractivity contribution in [3.05, 3.63) is 94.0 Å². The molecule has 0 amide bonds. The van der Waals surface area contributed by atoms with E-state index in [1.807, 2.05) is 46.2 Å². The molecule has 6 rings (SSSR count). The van der Waals surface area contributed by atoms with Crippen molar-refractivity contribution in [3.63, 3.8) is 0 Å². The lowest BCUT2D eigenvalue weighted by Gasteiger charge is -2.33. The third kappa shape index (κ3) is 9.45. The first-order valence-electron chi connectivity index (χ1n) is 19.9. The molecule has 2 saturated heterocycles. The second-order valence-electron chi connectivity index (χ2n) is 15.0. The summed E-state index contributed by atoms with van der Waals surface area (Å²) in [5.41, 5.74) is 7.99. The van der Waals surface area contributed by atoms with Crippen molar-refractivity contribution in [2.75, 3.05) is 41.5 Å². The van der Waals surface area contributed by atoms with E-state index in [4.69, 9.17) is 28.4 Å². The maximum Gasteiger partial charge on any atom is 0.320 e. The molecule has 12 nitrogen and oxygen atoms in total. The summed E-state index contributed by atoms with van der Waals surface area (Å²) < 4.78 is 35.8. The summed E-state index contributed by atoms with van der Waals surface area (Å²) in [7, 11) is 6.40. The third-order valence-electron chi connectivity index (χ3n) is 11.7. The Kier molecular flexibility index (Phi) is 14.0. The van der Waals surface area contributed by atoms with Crippen LogP contribution in [0.5, 0.6) is 34.5 Å². The molecule has 12 heteroatoms. The molecule has 2 atom stereocenters. The van der Waals surface area contributed by atoms with E-state index in [9.17, 15) is 19.8 Å². The first kappa shape index (κ1) is 42.2. The highest BCUT2D eigenvalue weighted by molar-refractivity contribution is 5.74. The lowest BCUT2D eigenvalue weighted by atomic mass is 9.92. The molecular formula is C46H56N2O10. The maximum atomic E-state index is 12.0. The van der Waals surface area contributed by atoms with E-state index in [1.54, 1.807) is 28.4 Å². The Morgan fingerprint density at radius 2 is 0.948 bits per heavy atom. The zero-order chi connectivity index (χ0) is 41.3. The number of likely N-dealkylation sites (tertiary alicyclic amines) is 2. The van der Waals surface area contributed by atoms with Gasteiger partial charge in [-0.1, -0.05) is 49.2 Å². The van der Waals surface area contributed by atoms with Gasteiger partial charge >= 0.3 is 11.9 Å². The topological polar surface area (TPSA) is 136 Å². The van der Waals surface area contributed by atoms with Crippen LogP contribution in [0.1, 0.15) is 71.9 Å². The summed E-state index contributed by atoms with van der Waals surface area (Å²) in [6.07, 6.45) is 4.94. The zero-order valence-corrected chi connectivity index (χ0v) is 34.5. The summed E-state index contributed by atoms with van der Waals surface area (Å²) in [5, 5.41) is 19.6. The average Bonchev–Trinajstić information content (AvgIpc) is 3.23. The van der Waals surface area contributed by atoms with Gasteiger partial charge in [-0.25, -0.2) is 0 Å². The highest BCUT2D eigenvalue weighted by atomic mass is 16.5. The SMILES string of the molecule is COc1cc(OCc2cccc(-c3cccc(COc4cc(OC)c(CN5CCCC[C@H]5C(=O)O)c(OC)c4)c3C)c2C)cc(OC)c1CN1CCCCC1C(=O)O. The number of carboxylic acid groups (broad SMARTS) is 2. The fourth-order valence-corrected chi connectivity index (χ4v) is 8.31. The monoisotopic (exact) mass is 796 g/mol. The first-order valence-corrected chi connectivity index (χ1v) is 19.9. The van der Waals surface area contributed by atoms with E-state index in [0.717, 1.165) is 70.2 Å². The molecule has 58 heavy (non-hydrogen) atoms. The van der Waals surface area contributed by atoms with Crippen LogP contribution in [-0.4, -0.2) is 85.6 Å². The van der Waals surface area contributed by atoms with Gasteiger partial charge in [-0.05, 0) is 86.0 Å². The molecule has 0 spiro atoms. The molecule has 2 fully saturated rings. The van der Waals surface area contributed by atoms with Crippen LogP contribution in [0.4, 0.5) is 0 Å². The summed E-state index contributed by atoms with van der Waals surface area (Å²) in [6, 6.07) is 18.7. The van der Waals surface area contributed by atoms with Gasteiger partial charge in [0.1, 0.15) is 59.8 Å². The van der Waals surface area contributed by atoms with Crippen LogP contribution in [0.3, 0.4) is 0 Å². The van der Waals surface area contributed by atoms with Gasteiger partial charge < -0.3 is 38.6 Å². The molecule has 2 N–H and O–H groups in total. The highest BCUT2D eigenvalue weighted by Gasteiger charge is 2.31. The predicted molar refractivity (Wildman–Crippen MR) is 220 cm³/mol. The van der Waals surface area contributed by atoms with Crippen molar-refractivity contribution in [1.29, 1.82) is 0 Å². The van der Waals surface area contributed by atoms with Gasteiger partial charge in [-0.2, -0.15) is 0 Å². The molecule has 4 aromatic carbocycles. The second kappa shape index (κ2) is 19.3. The van der Waals surface area contributed by atoms with E-state index >= 15 is 0 Å². The molecule has 0 radical (unpaired) electrons. The van der Waals surface area contributed by atoms with E-state index in [0.29, 0.717) is 86.7 Å². The van der Waals surface area contributed by atoms with Crippen LogP contribution in [0, 0.1) is 13.8 Å². The Labute approximate surface area is 341 Å². The molecule has 0 aliphatic carbocycles. The summed E-state index contributed by atoms with van der Waals surface area (Å²) in [4.78, 5) is 27.9. The van der Waals surface area contributed by atoms with E-state index in [-0.39, 0.29) is 0 Å². The van der Waals surface area contributed by atoms with Gasteiger partial charge in [0.15, 0.2) is 0 Å². The molecule has 0 bridgehead atoms. The van der Waals surface area contributed by atoms with Crippen molar-refractivity contribution in [1.82, 2.24) is 9.80 Å². The van der Waals surface area contributed by atoms with Gasteiger partial charge in [-0.15, -0.1) is 0 Å². The smallest absolute Gasteiger partial charge is 0.320 e. The summed E-state index contributed by atoms with van der Waals surface area (Å²) >= 11 is 0. The minimum absolute atomic E-state index is 0.314. The van der Waals surface area contributed by atoms with Crippen molar-refractivity contribution in [2.45, 2.75) is 90.8 Å². The average molecular weight is 797 g/mol. The van der Waals surface area contributed by atoms with Crippen LogP contribution < -0.4 is 28.4 Å². The number of methoxy groups -OCH3 is 4. The number of carbonyl (C=O) groups is 2. The number of hydrogen-bond acceptors (Lipinski definition) is 10. The second-order valence-corrected chi connectivity index (χ2v) is 15.0. The highest BCUT2D eigenvalue weighted by Crippen LogP contribution is 2.39.